The van der Waals surface area contributed by atoms with Crippen LogP contribution in [-0.4, -0.2) is 43.7 Å². The third-order valence-electron chi connectivity index (χ3n) is 4.16. The van der Waals surface area contributed by atoms with E-state index in [-0.39, 0.29) is 11.4 Å². The van der Waals surface area contributed by atoms with E-state index in [0.717, 1.165) is 18.4 Å². The van der Waals surface area contributed by atoms with Crippen molar-refractivity contribution in [1.82, 2.24) is 10.2 Å². The lowest BCUT2D eigenvalue weighted by Crippen LogP contribution is -2.46. The van der Waals surface area contributed by atoms with Gasteiger partial charge in [-0.1, -0.05) is 29.3 Å². The smallest absolute Gasteiger partial charge is 0.236 e. The lowest BCUT2D eigenvalue weighted by Gasteiger charge is -2.28. The fourth-order valence-corrected chi connectivity index (χ4v) is 2.95. The van der Waals surface area contributed by atoms with E-state index >= 15 is 0 Å². The van der Waals surface area contributed by atoms with Crippen LogP contribution in [0.4, 0.5) is 0 Å². The average molecular weight is 329 g/mol. The number of ether oxygens (including phenoxy) is 1. The molecular formula is C15H18Cl2N2O2. The van der Waals surface area contributed by atoms with E-state index in [4.69, 9.17) is 27.9 Å². The van der Waals surface area contributed by atoms with Crippen molar-refractivity contribution in [3.63, 3.8) is 0 Å². The van der Waals surface area contributed by atoms with Gasteiger partial charge in [-0.05, 0) is 30.5 Å². The fourth-order valence-electron chi connectivity index (χ4n) is 2.66. The van der Waals surface area contributed by atoms with E-state index in [1.54, 1.807) is 0 Å². The van der Waals surface area contributed by atoms with E-state index < -0.39 is 0 Å². The molecule has 0 atom stereocenters. The van der Waals surface area contributed by atoms with Crippen LogP contribution >= 0.6 is 23.2 Å². The fraction of sp³-hybridized carbons (Fsp3) is 0.533. The van der Waals surface area contributed by atoms with E-state index in [2.05, 4.69) is 5.32 Å². The van der Waals surface area contributed by atoms with Crippen LogP contribution in [0.2, 0.25) is 10.0 Å². The van der Waals surface area contributed by atoms with Crippen molar-refractivity contribution in [3.8, 4) is 0 Å². The minimum Gasteiger partial charge on any atom is -0.378 e. The minimum atomic E-state index is -0.115. The summed E-state index contributed by atoms with van der Waals surface area (Å²) in [5.41, 5.74) is 0.989. The van der Waals surface area contributed by atoms with Crippen molar-refractivity contribution in [2.24, 2.45) is 0 Å². The zero-order chi connectivity index (χ0) is 14.9. The second kappa shape index (κ2) is 6.13. The largest absolute Gasteiger partial charge is 0.378 e. The van der Waals surface area contributed by atoms with Crippen LogP contribution in [0.3, 0.4) is 0 Å². The van der Waals surface area contributed by atoms with Crippen molar-refractivity contribution >= 4 is 29.1 Å². The number of nitrogens with zero attached hydrogens (tertiary/aromatic N) is 1. The molecule has 2 aliphatic rings. The van der Waals surface area contributed by atoms with Gasteiger partial charge in [-0.25, -0.2) is 0 Å². The molecule has 1 aromatic rings. The van der Waals surface area contributed by atoms with Crippen LogP contribution in [0.1, 0.15) is 18.4 Å². The van der Waals surface area contributed by atoms with Crippen LogP contribution < -0.4 is 5.32 Å². The van der Waals surface area contributed by atoms with Gasteiger partial charge in [0.15, 0.2) is 0 Å². The second-order valence-corrected chi connectivity index (χ2v) is 6.37. The van der Waals surface area contributed by atoms with Crippen molar-refractivity contribution in [1.29, 1.82) is 0 Å². The van der Waals surface area contributed by atoms with Gasteiger partial charge in [-0.2, -0.15) is 0 Å². The van der Waals surface area contributed by atoms with Gasteiger partial charge in [-0.3, -0.25) is 10.1 Å². The molecule has 1 aliphatic heterocycles. The number of hydrogen-bond donors (Lipinski definition) is 1. The van der Waals surface area contributed by atoms with Crippen molar-refractivity contribution in [2.75, 3.05) is 32.8 Å². The molecule has 114 valence electrons. The molecule has 0 aromatic heterocycles. The molecule has 1 saturated carbocycles. The summed E-state index contributed by atoms with van der Waals surface area (Å²) in [5, 5.41) is 4.51. The normalized spacial score (nSPS) is 20.4. The summed E-state index contributed by atoms with van der Waals surface area (Å²) >= 11 is 12.0. The number of carbonyl (C=O) groups is 1. The third kappa shape index (κ3) is 3.34. The molecule has 0 radical (unpaired) electrons. The van der Waals surface area contributed by atoms with Gasteiger partial charge in [0.05, 0.1) is 29.8 Å². The molecule has 6 heteroatoms. The Morgan fingerprint density at radius 3 is 2.57 bits per heavy atom. The summed E-state index contributed by atoms with van der Waals surface area (Å²) in [5.74, 6) is 0.129. The minimum absolute atomic E-state index is 0.115. The number of nitrogens with one attached hydrogen (secondary N) is 1. The van der Waals surface area contributed by atoms with Gasteiger partial charge in [0.25, 0.3) is 0 Å². The van der Waals surface area contributed by atoms with Gasteiger partial charge >= 0.3 is 0 Å². The Morgan fingerprint density at radius 1 is 1.24 bits per heavy atom. The molecule has 0 spiro atoms. The van der Waals surface area contributed by atoms with E-state index in [1.165, 1.54) is 0 Å². The van der Waals surface area contributed by atoms with Crippen molar-refractivity contribution < 1.29 is 9.53 Å². The van der Waals surface area contributed by atoms with Crippen LogP contribution in [0, 0.1) is 0 Å². The first-order chi connectivity index (χ1) is 10.1. The lowest BCUT2D eigenvalue weighted by molar-refractivity contribution is -0.134. The number of halogens is 2. The maximum atomic E-state index is 12.2. The molecule has 0 bridgehead atoms. The summed E-state index contributed by atoms with van der Waals surface area (Å²) < 4.78 is 5.26. The standard InChI is InChI=1S/C15H18Cl2N2O2/c16-12-2-1-11(9-13(12)17)15(3-4-15)18-10-14(20)19-5-7-21-8-6-19/h1-2,9,18H,3-8,10H2. The molecular weight excluding hydrogens is 311 g/mol. The highest BCUT2D eigenvalue weighted by atomic mass is 35.5. The van der Waals surface area contributed by atoms with Gasteiger partial charge in [0.1, 0.15) is 0 Å². The Morgan fingerprint density at radius 2 is 1.95 bits per heavy atom. The Balaban J connectivity index is 1.61. The predicted molar refractivity (Wildman–Crippen MR) is 82.8 cm³/mol. The highest BCUT2D eigenvalue weighted by Gasteiger charge is 2.44. The summed E-state index contributed by atoms with van der Waals surface area (Å²) in [4.78, 5) is 14.0. The molecule has 3 rings (SSSR count). The number of rotatable bonds is 4. The maximum absolute atomic E-state index is 12.2. The second-order valence-electron chi connectivity index (χ2n) is 5.56. The van der Waals surface area contributed by atoms with Crippen molar-refractivity contribution in [2.45, 2.75) is 18.4 Å². The van der Waals surface area contributed by atoms with E-state index in [9.17, 15) is 4.79 Å². The first kappa shape index (κ1) is 15.1. The zero-order valence-corrected chi connectivity index (χ0v) is 13.2. The number of benzene rings is 1. The van der Waals surface area contributed by atoms with E-state index in [1.807, 2.05) is 23.1 Å². The Bertz CT molecular complexity index is 540. The molecule has 4 nitrogen and oxygen atoms in total. The topological polar surface area (TPSA) is 41.6 Å². The number of morpholine rings is 1. The number of carbonyl (C=O) groups excluding carboxylic acids is 1. The van der Waals surface area contributed by atoms with Gasteiger partial charge in [0.2, 0.25) is 5.91 Å². The quantitative estimate of drug-likeness (QED) is 0.922. The van der Waals surface area contributed by atoms with Crippen LogP contribution in [-0.2, 0) is 15.1 Å². The van der Waals surface area contributed by atoms with Gasteiger partial charge < -0.3 is 9.64 Å². The molecule has 1 N–H and O–H groups in total. The van der Waals surface area contributed by atoms with Crippen LogP contribution in [0.5, 0.6) is 0 Å². The zero-order valence-electron chi connectivity index (χ0n) is 11.7. The highest BCUT2D eigenvalue weighted by molar-refractivity contribution is 6.42. The highest BCUT2D eigenvalue weighted by Crippen LogP contribution is 2.46. The summed E-state index contributed by atoms with van der Waals surface area (Å²) in [6.45, 7) is 2.97. The Hall–Kier alpha value is -0.810. The Labute approximate surface area is 134 Å². The van der Waals surface area contributed by atoms with Gasteiger partial charge in [0, 0.05) is 18.6 Å². The first-order valence-electron chi connectivity index (χ1n) is 7.17. The van der Waals surface area contributed by atoms with Gasteiger partial charge in [-0.15, -0.1) is 0 Å². The maximum Gasteiger partial charge on any atom is 0.236 e. The van der Waals surface area contributed by atoms with E-state index in [0.29, 0.717) is 42.9 Å². The number of hydrogen-bond acceptors (Lipinski definition) is 3. The van der Waals surface area contributed by atoms with Crippen LogP contribution in [0.25, 0.3) is 0 Å². The SMILES string of the molecule is O=C(CNC1(c2ccc(Cl)c(Cl)c2)CC1)N1CCOCC1. The summed E-state index contributed by atoms with van der Waals surface area (Å²) in [6, 6.07) is 5.68. The number of amides is 1. The monoisotopic (exact) mass is 328 g/mol. The molecule has 1 aliphatic carbocycles. The third-order valence-corrected chi connectivity index (χ3v) is 4.90. The summed E-state index contributed by atoms with van der Waals surface area (Å²) in [6.07, 6.45) is 2.03. The molecule has 1 heterocycles. The summed E-state index contributed by atoms with van der Waals surface area (Å²) in [7, 11) is 0. The average Bonchev–Trinajstić information content (AvgIpc) is 3.30. The molecule has 0 unspecified atom stereocenters. The molecule has 1 saturated heterocycles. The molecule has 2 fully saturated rings. The first-order valence-corrected chi connectivity index (χ1v) is 7.92. The molecule has 21 heavy (non-hydrogen) atoms. The van der Waals surface area contributed by atoms with Crippen LogP contribution in [0.15, 0.2) is 18.2 Å². The Kier molecular flexibility index (Phi) is 4.41. The molecule has 1 amide bonds. The lowest BCUT2D eigenvalue weighted by atomic mass is 10.1. The molecule has 1 aromatic carbocycles. The van der Waals surface area contributed by atoms with Crippen molar-refractivity contribution in [3.05, 3.63) is 33.8 Å². The predicted octanol–water partition coefficient (Wildman–Crippen LogP) is 2.43.